The lowest BCUT2D eigenvalue weighted by Crippen LogP contribution is -2.37. The molecule has 1 saturated heterocycles. The van der Waals surface area contributed by atoms with Crippen LogP contribution in [-0.4, -0.2) is 24.9 Å². The van der Waals surface area contributed by atoms with Crippen molar-refractivity contribution in [3.63, 3.8) is 0 Å². The van der Waals surface area contributed by atoms with E-state index in [1.807, 2.05) is 12.1 Å². The summed E-state index contributed by atoms with van der Waals surface area (Å²) in [5, 5.41) is 11.0. The zero-order valence-corrected chi connectivity index (χ0v) is 9.78. The topological polar surface area (TPSA) is 55.5 Å². The van der Waals surface area contributed by atoms with E-state index in [9.17, 15) is 5.11 Å². The highest BCUT2D eigenvalue weighted by Gasteiger charge is 2.41. The summed E-state index contributed by atoms with van der Waals surface area (Å²) in [5.41, 5.74) is 6.22. The van der Waals surface area contributed by atoms with Crippen molar-refractivity contribution in [2.45, 2.75) is 12.5 Å². The van der Waals surface area contributed by atoms with E-state index in [2.05, 4.69) is 0 Å². The van der Waals surface area contributed by atoms with Crippen LogP contribution in [0.4, 0.5) is 0 Å². The van der Waals surface area contributed by atoms with Gasteiger partial charge in [-0.2, -0.15) is 0 Å². The zero-order chi connectivity index (χ0) is 11.6. The van der Waals surface area contributed by atoms with Crippen LogP contribution in [0.15, 0.2) is 24.3 Å². The van der Waals surface area contributed by atoms with Crippen molar-refractivity contribution in [2.75, 3.05) is 19.8 Å². The molecule has 0 aliphatic carbocycles. The number of halogens is 1. The third-order valence-electron chi connectivity index (χ3n) is 3.28. The average Bonchev–Trinajstić information content (AvgIpc) is 2.78. The highest BCUT2D eigenvalue weighted by Crippen LogP contribution is 2.40. The number of benzene rings is 1. The fourth-order valence-corrected chi connectivity index (χ4v) is 2.34. The van der Waals surface area contributed by atoms with E-state index in [1.165, 1.54) is 0 Å². The molecule has 4 heteroatoms. The lowest BCUT2D eigenvalue weighted by Gasteiger charge is -2.31. The molecule has 2 unspecified atom stereocenters. The highest BCUT2D eigenvalue weighted by molar-refractivity contribution is 6.30. The molecule has 2 atom stereocenters. The standard InChI is InChI=1S/C12H16ClNO2/c13-10-3-1-2-9(6-10)11(15)12(7-14)4-5-16-8-12/h1-3,6,11,15H,4-5,7-8,14H2. The Morgan fingerprint density at radius 3 is 2.94 bits per heavy atom. The van der Waals surface area contributed by atoms with Crippen LogP contribution in [0.5, 0.6) is 0 Å². The van der Waals surface area contributed by atoms with Gasteiger partial charge in [-0.05, 0) is 24.1 Å². The van der Waals surface area contributed by atoms with Gasteiger partial charge in [0.15, 0.2) is 0 Å². The first-order valence-corrected chi connectivity index (χ1v) is 5.77. The van der Waals surface area contributed by atoms with E-state index >= 15 is 0 Å². The van der Waals surface area contributed by atoms with Gasteiger partial charge < -0.3 is 15.6 Å². The second-order valence-corrected chi connectivity index (χ2v) is 4.76. The summed E-state index contributed by atoms with van der Waals surface area (Å²) in [6.45, 7) is 1.59. The molecule has 16 heavy (non-hydrogen) atoms. The van der Waals surface area contributed by atoms with E-state index in [-0.39, 0.29) is 5.41 Å². The molecule has 1 aromatic carbocycles. The van der Waals surface area contributed by atoms with Crippen molar-refractivity contribution in [1.29, 1.82) is 0 Å². The van der Waals surface area contributed by atoms with Crippen molar-refractivity contribution < 1.29 is 9.84 Å². The number of hydrogen-bond acceptors (Lipinski definition) is 3. The number of aliphatic hydroxyl groups excluding tert-OH is 1. The Labute approximate surface area is 100 Å². The summed E-state index contributed by atoms with van der Waals surface area (Å²) in [5.74, 6) is 0. The van der Waals surface area contributed by atoms with Crippen LogP contribution >= 0.6 is 11.6 Å². The van der Waals surface area contributed by atoms with Gasteiger partial charge in [0.2, 0.25) is 0 Å². The molecule has 3 nitrogen and oxygen atoms in total. The van der Waals surface area contributed by atoms with Crippen LogP contribution in [-0.2, 0) is 4.74 Å². The fourth-order valence-electron chi connectivity index (χ4n) is 2.14. The largest absolute Gasteiger partial charge is 0.388 e. The molecular formula is C12H16ClNO2. The smallest absolute Gasteiger partial charge is 0.0881 e. The van der Waals surface area contributed by atoms with Gasteiger partial charge in [0.25, 0.3) is 0 Å². The predicted molar refractivity (Wildman–Crippen MR) is 63.3 cm³/mol. The molecule has 1 fully saturated rings. The van der Waals surface area contributed by atoms with Gasteiger partial charge in [-0.3, -0.25) is 0 Å². The number of aliphatic hydroxyl groups is 1. The minimum absolute atomic E-state index is 0.356. The molecule has 88 valence electrons. The van der Waals surface area contributed by atoms with Gasteiger partial charge >= 0.3 is 0 Å². The molecule has 1 aromatic rings. The maximum absolute atomic E-state index is 10.4. The molecule has 0 aromatic heterocycles. The molecule has 0 saturated carbocycles. The Hall–Kier alpha value is -0.610. The molecule has 0 spiro atoms. The first-order valence-electron chi connectivity index (χ1n) is 5.39. The Kier molecular flexibility index (Phi) is 3.50. The lowest BCUT2D eigenvalue weighted by atomic mass is 9.78. The van der Waals surface area contributed by atoms with Crippen LogP contribution < -0.4 is 5.73 Å². The van der Waals surface area contributed by atoms with E-state index in [0.29, 0.717) is 24.8 Å². The average molecular weight is 242 g/mol. The van der Waals surface area contributed by atoms with Crippen molar-refractivity contribution in [3.05, 3.63) is 34.9 Å². The second-order valence-electron chi connectivity index (χ2n) is 4.33. The number of nitrogens with two attached hydrogens (primary N) is 1. The quantitative estimate of drug-likeness (QED) is 0.848. The Bertz CT molecular complexity index is 364. The van der Waals surface area contributed by atoms with Crippen LogP contribution in [0.2, 0.25) is 5.02 Å². The molecule has 1 aliphatic rings. The highest BCUT2D eigenvalue weighted by atomic mass is 35.5. The predicted octanol–water partition coefficient (Wildman–Crippen LogP) is 1.74. The maximum Gasteiger partial charge on any atom is 0.0881 e. The van der Waals surface area contributed by atoms with Crippen molar-refractivity contribution in [3.8, 4) is 0 Å². The monoisotopic (exact) mass is 241 g/mol. The third-order valence-corrected chi connectivity index (χ3v) is 3.52. The summed E-state index contributed by atoms with van der Waals surface area (Å²) in [6, 6.07) is 7.27. The van der Waals surface area contributed by atoms with E-state index in [4.69, 9.17) is 22.1 Å². The van der Waals surface area contributed by atoms with Gasteiger partial charge in [-0.25, -0.2) is 0 Å². The molecule has 3 N–H and O–H groups in total. The van der Waals surface area contributed by atoms with E-state index in [0.717, 1.165) is 12.0 Å². The second kappa shape index (κ2) is 4.72. The van der Waals surface area contributed by atoms with E-state index < -0.39 is 6.10 Å². The van der Waals surface area contributed by atoms with Gasteiger partial charge in [-0.15, -0.1) is 0 Å². The van der Waals surface area contributed by atoms with Crippen molar-refractivity contribution in [2.24, 2.45) is 11.1 Å². The van der Waals surface area contributed by atoms with Crippen molar-refractivity contribution in [1.82, 2.24) is 0 Å². The summed E-state index contributed by atoms with van der Waals surface area (Å²) in [6.07, 6.45) is 0.177. The lowest BCUT2D eigenvalue weighted by molar-refractivity contribution is 0.0191. The minimum atomic E-state index is -0.612. The van der Waals surface area contributed by atoms with Gasteiger partial charge in [0.1, 0.15) is 0 Å². The first-order chi connectivity index (χ1) is 7.68. The van der Waals surface area contributed by atoms with Crippen LogP contribution in [0, 0.1) is 5.41 Å². The maximum atomic E-state index is 10.4. The minimum Gasteiger partial charge on any atom is -0.388 e. The molecule has 0 radical (unpaired) electrons. The normalized spacial score (nSPS) is 26.9. The van der Waals surface area contributed by atoms with Crippen LogP contribution in [0.3, 0.4) is 0 Å². The zero-order valence-electron chi connectivity index (χ0n) is 9.03. The number of hydrogen-bond donors (Lipinski definition) is 2. The van der Waals surface area contributed by atoms with Crippen molar-refractivity contribution >= 4 is 11.6 Å². The first kappa shape index (κ1) is 11.9. The fraction of sp³-hybridized carbons (Fsp3) is 0.500. The molecule has 1 heterocycles. The summed E-state index contributed by atoms with van der Waals surface area (Å²) in [7, 11) is 0. The van der Waals surface area contributed by atoms with Crippen LogP contribution in [0.1, 0.15) is 18.1 Å². The molecule has 2 rings (SSSR count). The van der Waals surface area contributed by atoms with E-state index in [1.54, 1.807) is 12.1 Å². The summed E-state index contributed by atoms with van der Waals surface area (Å²) >= 11 is 5.91. The van der Waals surface area contributed by atoms with Gasteiger partial charge in [0.05, 0.1) is 12.7 Å². The van der Waals surface area contributed by atoms with Gasteiger partial charge in [0, 0.05) is 23.6 Å². The number of rotatable bonds is 3. The molecular weight excluding hydrogens is 226 g/mol. The third kappa shape index (κ3) is 2.09. The Morgan fingerprint density at radius 1 is 1.56 bits per heavy atom. The molecule has 0 amide bonds. The van der Waals surface area contributed by atoms with Gasteiger partial charge in [-0.1, -0.05) is 23.7 Å². The Balaban J connectivity index is 2.26. The summed E-state index contributed by atoms with van der Waals surface area (Å²) in [4.78, 5) is 0. The summed E-state index contributed by atoms with van der Waals surface area (Å²) < 4.78 is 5.35. The Morgan fingerprint density at radius 2 is 2.38 bits per heavy atom. The number of ether oxygens (including phenoxy) is 1. The van der Waals surface area contributed by atoms with Crippen LogP contribution in [0.25, 0.3) is 0 Å². The molecule has 0 bridgehead atoms. The molecule has 1 aliphatic heterocycles. The SMILES string of the molecule is NCC1(C(O)c2cccc(Cl)c2)CCOC1.